The van der Waals surface area contributed by atoms with Gasteiger partial charge in [-0.05, 0) is 25.7 Å². The molecule has 0 saturated heterocycles. The fraction of sp³-hybridized carbons (Fsp3) is 0.889. The van der Waals surface area contributed by atoms with E-state index in [2.05, 4.69) is 0 Å². The molecule has 1 aliphatic carbocycles. The minimum absolute atomic E-state index is 0.149. The molecule has 0 radical (unpaired) electrons. The average molecular weight is 191 g/mol. The van der Waals surface area contributed by atoms with Gasteiger partial charge in [0.15, 0.2) is 5.56 Å². The van der Waals surface area contributed by atoms with Gasteiger partial charge < -0.3 is 4.74 Å². The van der Waals surface area contributed by atoms with Crippen LogP contribution in [-0.2, 0) is 9.53 Å². The third-order valence-corrected chi connectivity index (χ3v) is 2.31. The zero-order valence-corrected chi connectivity index (χ0v) is 8.14. The number of ether oxygens (including phenoxy) is 1. The van der Waals surface area contributed by atoms with E-state index in [9.17, 15) is 4.79 Å². The summed E-state index contributed by atoms with van der Waals surface area (Å²) in [5, 5.41) is 0. The van der Waals surface area contributed by atoms with Crippen molar-refractivity contribution < 1.29 is 9.53 Å². The summed E-state index contributed by atoms with van der Waals surface area (Å²) in [6.07, 6.45) is 5.41. The molecule has 1 aliphatic rings. The second kappa shape index (κ2) is 4.70. The molecule has 70 valence electrons. The van der Waals surface area contributed by atoms with Crippen LogP contribution in [0.4, 0.5) is 0 Å². The van der Waals surface area contributed by atoms with Gasteiger partial charge in [0, 0.05) is 6.42 Å². The van der Waals surface area contributed by atoms with Crippen molar-refractivity contribution in [3.05, 3.63) is 0 Å². The Bertz CT molecular complexity index is 151. The number of alkyl halides is 1. The first kappa shape index (κ1) is 9.85. The summed E-state index contributed by atoms with van der Waals surface area (Å²) < 4.78 is 4.84. The maximum absolute atomic E-state index is 11.1. The van der Waals surface area contributed by atoms with Crippen molar-refractivity contribution in [3.8, 4) is 0 Å². The van der Waals surface area contributed by atoms with Crippen LogP contribution in [0.25, 0.3) is 0 Å². The SMILES string of the molecule is CC(Cl)OC(=O)CC1CCCC1. The molecule has 3 heteroatoms. The molecule has 1 unspecified atom stereocenters. The molecule has 0 amide bonds. The number of esters is 1. The molecule has 1 atom stereocenters. The van der Waals surface area contributed by atoms with Gasteiger partial charge in [0.05, 0.1) is 0 Å². The third kappa shape index (κ3) is 3.44. The van der Waals surface area contributed by atoms with Gasteiger partial charge >= 0.3 is 5.97 Å². The van der Waals surface area contributed by atoms with Crippen molar-refractivity contribution in [2.75, 3.05) is 0 Å². The topological polar surface area (TPSA) is 26.3 Å². The number of rotatable bonds is 3. The lowest BCUT2D eigenvalue weighted by Crippen LogP contribution is -2.12. The predicted octanol–water partition coefficient (Wildman–Crippen LogP) is 2.69. The molecule has 0 aromatic rings. The lowest BCUT2D eigenvalue weighted by Gasteiger charge is -2.09. The number of hydrogen-bond donors (Lipinski definition) is 0. The highest BCUT2D eigenvalue weighted by Crippen LogP contribution is 2.27. The highest BCUT2D eigenvalue weighted by atomic mass is 35.5. The molecule has 1 fully saturated rings. The van der Waals surface area contributed by atoms with Gasteiger partial charge in [0.2, 0.25) is 0 Å². The summed E-state index contributed by atoms with van der Waals surface area (Å²) in [6.45, 7) is 1.66. The Morgan fingerprint density at radius 1 is 1.58 bits per heavy atom. The summed E-state index contributed by atoms with van der Waals surface area (Å²) >= 11 is 5.52. The molecule has 0 aromatic heterocycles. The molecule has 2 nitrogen and oxygen atoms in total. The molecule has 0 N–H and O–H groups in total. The van der Waals surface area contributed by atoms with Gasteiger partial charge in [-0.15, -0.1) is 0 Å². The van der Waals surface area contributed by atoms with Crippen molar-refractivity contribution in [1.29, 1.82) is 0 Å². The van der Waals surface area contributed by atoms with Crippen LogP contribution in [0.3, 0.4) is 0 Å². The van der Waals surface area contributed by atoms with Crippen molar-refractivity contribution >= 4 is 17.6 Å². The first-order valence-corrected chi connectivity index (χ1v) is 4.95. The Morgan fingerprint density at radius 2 is 2.17 bits per heavy atom. The summed E-state index contributed by atoms with van der Waals surface area (Å²) in [7, 11) is 0. The summed E-state index contributed by atoms with van der Waals surface area (Å²) in [5.74, 6) is 0.400. The van der Waals surface area contributed by atoms with E-state index < -0.39 is 5.56 Å². The van der Waals surface area contributed by atoms with E-state index in [1.165, 1.54) is 25.7 Å². The minimum atomic E-state index is -0.487. The zero-order chi connectivity index (χ0) is 8.97. The van der Waals surface area contributed by atoms with Crippen LogP contribution < -0.4 is 0 Å². The smallest absolute Gasteiger partial charge is 0.307 e. The van der Waals surface area contributed by atoms with E-state index in [-0.39, 0.29) is 5.97 Å². The van der Waals surface area contributed by atoms with Gasteiger partial charge in [-0.25, -0.2) is 0 Å². The van der Waals surface area contributed by atoms with Gasteiger partial charge in [0.25, 0.3) is 0 Å². The van der Waals surface area contributed by atoms with Gasteiger partial charge in [-0.3, -0.25) is 4.79 Å². The molecule has 12 heavy (non-hydrogen) atoms. The fourth-order valence-electron chi connectivity index (χ4n) is 1.68. The van der Waals surface area contributed by atoms with E-state index in [0.29, 0.717) is 12.3 Å². The first-order chi connectivity index (χ1) is 5.68. The van der Waals surface area contributed by atoms with Crippen LogP contribution in [0, 0.1) is 5.92 Å². The van der Waals surface area contributed by atoms with E-state index >= 15 is 0 Å². The number of hydrogen-bond acceptors (Lipinski definition) is 2. The van der Waals surface area contributed by atoms with Crippen LogP contribution in [0.2, 0.25) is 0 Å². The molecule has 0 aliphatic heterocycles. The lowest BCUT2D eigenvalue weighted by molar-refractivity contribution is -0.145. The van der Waals surface area contributed by atoms with Crippen LogP contribution >= 0.6 is 11.6 Å². The van der Waals surface area contributed by atoms with Crippen molar-refractivity contribution in [2.45, 2.75) is 44.6 Å². The molecule has 0 heterocycles. The Kier molecular flexibility index (Phi) is 3.86. The van der Waals surface area contributed by atoms with Gasteiger partial charge in [-0.2, -0.15) is 0 Å². The monoisotopic (exact) mass is 190 g/mol. The third-order valence-electron chi connectivity index (χ3n) is 2.22. The van der Waals surface area contributed by atoms with E-state index in [1.807, 2.05) is 0 Å². The van der Waals surface area contributed by atoms with E-state index in [0.717, 1.165) is 0 Å². The minimum Gasteiger partial charge on any atom is -0.446 e. The summed E-state index contributed by atoms with van der Waals surface area (Å²) in [6, 6.07) is 0. The largest absolute Gasteiger partial charge is 0.446 e. The molecule has 0 aromatic carbocycles. The van der Waals surface area contributed by atoms with Crippen LogP contribution in [0.1, 0.15) is 39.0 Å². The zero-order valence-electron chi connectivity index (χ0n) is 7.38. The van der Waals surface area contributed by atoms with E-state index in [1.54, 1.807) is 6.92 Å². The number of halogens is 1. The second-order valence-corrected chi connectivity index (χ2v) is 4.00. The molecular weight excluding hydrogens is 176 g/mol. The molecule has 1 rings (SSSR count). The van der Waals surface area contributed by atoms with Crippen LogP contribution in [-0.4, -0.2) is 11.5 Å². The Balaban J connectivity index is 2.16. The quantitative estimate of drug-likeness (QED) is 0.505. The maximum Gasteiger partial charge on any atom is 0.307 e. The van der Waals surface area contributed by atoms with Crippen LogP contribution in [0.15, 0.2) is 0 Å². The predicted molar refractivity (Wildman–Crippen MR) is 48.0 cm³/mol. The molecule has 0 bridgehead atoms. The maximum atomic E-state index is 11.1. The normalized spacial score (nSPS) is 20.8. The molecular formula is C9H15ClO2. The number of carbonyl (C=O) groups is 1. The van der Waals surface area contributed by atoms with E-state index in [4.69, 9.17) is 16.3 Å². The molecule has 0 spiro atoms. The highest BCUT2D eigenvalue weighted by molar-refractivity contribution is 6.19. The Labute approximate surface area is 78.2 Å². The summed E-state index contributed by atoms with van der Waals surface area (Å²) in [4.78, 5) is 11.1. The van der Waals surface area contributed by atoms with Crippen LogP contribution in [0.5, 0.6) is 0 Å². The highest BCUT2D eigenvalue weighted by Gasteiger charge is 2.19. The Morgan fingerprint density at radius 3 is 2.67 bits per heavy atom. The van der Waals surface area contributed by atoms with Gasteiger partial charge in [-0.1, -0.05) is 24.4 Å². The standard InChI is InChI=1S/C9H15ClO2/c1-7(10)12-9(11)6-8-4-2-3-5-8/h7-8H,2-6H2,1H3. The average Bonchev–Trinajstić information content (AvgIpc) is 2.37. The van der Waals surface area contributed by atoms with Gasteiger partial charge in [0.1, 0.15) is 0 Å². The van der Waals surface area contributed by atoms with Crippen molar-refractivity contribution in [1.82, 2.24) is 0 Å². The lowest BCUT2D eigenvalue weighted by atomic mass is 10.1. The molecule has 1 saturated carbocycles. The fourth-order valence-corrected chi connectivity index (χ4v) is 1.78. The second-order valence-electron chi connectivity index (χ2n) is 3.39. The Hall–Kier alpha value is -0.240. The first-order valence-electron chi connectivity index (χ1n) is 4.52. The number of carbonyl (C=O) groups excluding carboxylic acids is 1. The summed E-state index contributed by atoms with van der Waals surface area (Å²) in [5.41, 5.74) is -0.487. The van der Waals surface area contributed by atoms with Crippen molar-refractivity contribution in [2.24, 2.45) is 5.92 Å². The van der Waals surface area contributed by atoms with Crippen molar-refractivity contribution in [3.63, 3.8) is 0 Å².